The Morgan fingerprint density at radius 1 is 1.25 bits per heavy atom. The molecule has 0 unspecified atom stereocenters. The third-order valence-corrected chi connectivity index (χ3v) is 2.80. The zero-order chi connectivity index (χ0) is 15.1. The second-order valence-electron chi connectivity index (χ2n) is 3.65. The molecule has 8 heteroatoms. The van der Waals surface area contributed by atoms with Gasteiger partial charge in [0.1, 0.15) is 5.75 Å². The Hall–Kier alpha value is -2.09. The number of halogens is 1. The predicted molar refractivity (Wildman–Crippen MR) is 72.9 cm³/mol. The maximum atomic E-state index is 11.8. The lowest BCUT2D eigenvalue weighted by atomic mass is 10.2. The van der Waals surface area contributed by atoms with E-state index in [0.717, 1.165) is 0 Å². The topological polar surface area (TPSA) is 93.7 Å². The van der Waals surface area contributed by atoms with Crippen LogP contribution in [-0.4, -0.2) is 31.5 Å². The number of ether oxygens (including phenoxy) is 2. The summed E-state index contributed by atoms with van der Waals surface area (Å²) in [5, 5.41) is 0. The van der Waals surface area contributed by atoms with Crippen molar-refractivity contribution in [2.24, 2.45) is 0 Å². The molecule has 1 rings (SSSR count). The summed E-state index contributed by atoms with van der Waals surface area (Å²) in [6, 6.07) is 4.79. The second-order valence-corrected chi connectivity index (χ2v) is 4.51. The lowest BCUT2D eigenvalue weighted by Gasteiger charge is -2.08. The van der Waals surface area contributed by atoms with E-state index < -0.39 is 24.4 Å². The average molecular weight is 345 g/mol. The van der Waals surface area contributed by atoms with Gasteiger partial charge in [0.05, 0.1) is 12.7 Å². The van der Waals surface area contributed by atoms with Crippen molar-refractivity contribution in [3.63, 3.8) is 0 Å². The van der Waals surface area contributed by atoms with Crippen LogP contribution in [0.1, 0.15) is 17.3 Å². The molecular weight excluding hydrogens is 332 g/mol. The molecule has 108 valence electrons. The maximum Gasteiger partial charge on any atom is 0.339 e. The summed E-state index contributed by atoms with van der Waals surface area (Å²) < 4.78 is 10.3. The molecule has 7 nitrogen and oxygen atoms in total. The van der Waals surface area contributed by atoms with E-state index in [9.17, 15) is 14.4 Å². The van der Waals surface area contributed by atoms with Crippen molar-refractivity contribution in [1.29, 1.82) is 0 Å². The van der Waals surface area contributed by atoms with Gasteiger partial charge in [0.25, 0.3) is 5.91 Å². The van der Waals surface area contributed by atoms with Crippen LogP contribution < -0.4 is 15.6 Å². The van der Waals surface area contributed by atoms with Crippen molar-refractivity contribution < 1.29 is 23.9 Å². The average Bonchev–Trinajstić information content (AvgIpc) is 2.43. The molecule has 0 saturated heterocycles. The summed E-state index contributed by atoms with van der Waals surface area (Å²) in [5.74, 6) is -1.27. The van der Waals surface area contributed by atoms with Gasteiger partial charge in [-0.25, -0.2) is 4.79 Å². The van der Waals surface area contributed by atoms with Gasteiger partial charge < -0.3 is 9.47 Å². The van der Waals surface area contributed by atoms with E-state index in [0.29, 0.717) is 10.2 Å². The fourth-order valence-electron chi connectivity index (χ4n) is 1.19. The van der Waals surface area contributed by atoms with Crippen molar-refractivity contribution in [3.8, 4) is 5.75 Å². The van der Waals surface area contributed by atoms with Crippen LogP contribution in [-0.2, 0) is 14.3 Å². The number of amides is 2. The highest BCUT2D eigenvalue weighted by Gasteiger charge is 2.14. The number of hydrazine groups is 1. The first-order chi connectivity index (χ1) is 9.43. The maximum absolute atomic E-state index is 11.8. The van der Waals surface area contributed by atoms with Crippen LogP contribution in [0.3, 0.4) is 0 Å². The number of rotatable bonds is 4. The number of carbonyl (C=O) groups excluding carboxylic acids is 3. The number of methoxy groups -OCH3 is 1. The number of hydrogen-bond acceptors (Lipinski definition) is 5. The van der Waals surface area contributed by atoms with E-state index in [1.54, 1.807) is 12.1 Å². The Morgan fingerprint density at radius 2 is 1.95 bits per heavy atom. The molecule has 0 bridgehead atoms. The number of carbonyl (C=O) groups is 3. The van der Waals surface area contributed by atoms with E-state index >= 15 is 0 Å². The minimum absolute atomic E-state index is 0.233. The quantitative estimate of drug-likeness (QED) is 0.621. The Balaban J connectivity index is 2.58. The van der Waals surface area contributed by atoms with Crippen molar-refractivity contribution in [2.45, 2.75) is 6.92 Å². The van der Waals surface area contributed by atoms with Gasteiger partial charge in [-0.1, -0.05) is 0 Å². The number of esters is 1. The van der Waals surface area contributed by atoms with Crippen LogP contribution >= 0.6 is 15.9 Å². The first kappa shape index (κ1) is 16.0. The standard InChI is InChI=1S/C12H13BrN2O5/c1-7(16)14-15-11(17)6-20-12(18)9-5-8(19-2)3-4-10(9)13/h3-5H,6H2,1-2H3,(H,14,16)(H,15,17). The highest BCUT2D eigenvalue weighted by molar-refractivity contribution is 9.10. The fraction of sp³-hybridized carbons (Fsp3) is 0.250. The molecule has 0 saturated carbocycles. The third-order valence-electron chi connectivity index (χ3n) is 2.11. The molecule has 1 aromatic carbocycles. The van der Waals surface area contributed by atoms with Gasteiger partial charge in [-0.3, -0.25) is 20.4 Å². The molecule has 0 aromatic heterocycles. The molecule has 0 aliphatic rings. The van der Waals surface area contributed by atoms with E-state index in [4.69, 9.17) is 9.47 Å². The van der Waals surface area contributed by atoms with E-state index in [2.05, 4.69) is 26.8 Å². The number of nitrogens with one attached hydrogen (secondary N) is 2. The van der Waals surface area contributed by atoms with Gasteiger partial charge in [0.2, 0.25) is 5.91 Å². The minimum atomic E-state index is -0.686. The molecule has 0 atom stereocenters. The van der Waals surface area contributed by atoms with Crippen molar-refractivity contribution in [3.05, 3.63) is 28.2 Å². The normalized spacial score (nSPS) is 9.55. The molecule has 2 N–H and O–H groups in total. The zero-order valence-electron chi connectivity index (χ0n) is 10.9. The highest BCUT2D eigenvalue weighted by atomic mass is 79.9. The molecule has 1 aromatic rings. The Morgan fingerprint density at radius 3 is 2.55 bits per heavy atom. The van der Waals surface area contributed by atoms with Gasteiger partial charge in [-0.15, -0.1) is 0 Å². The predicted octanol–water partition coefficient (Wildman–Crippen LogP) is 0.782. The lowest BCUT2D eigenvalue weighted by molar-refractivity contribution is -0.129. The highest BCUT2D eigenvalue weighted by Crippen LogP contribution is 2.23. The Labute approximate surface area is 123 Å². The van der Waals surface area contributed by atoms with E-state index in [1.165, 1.54) is 20.1 Å². The van der Waals surface area contributed by atoms with Crippen molar-refractivity contribution in [2.75, 3.05) is 13.7 Å². The number of hydrogen-bond donors (Lipinski definition) is 2. The molecular formula is C12H13BrN2O5. The van der Waals surface area contributed by atoms with Gasteiger partial charge in [0, 0.05) is 11.4 Å². The summed E-state index contributed by atoms with van der Waals surface area (Å²) in [7, 11) is 1.47. The molecule has 0 aliphatic carbocycles. The van der Waals surface area contributed by atoms with Gasteiger partial charge >= 0.3 is 5.97 Å². The summed E-state index contributed by atoms with van der Waals surface area (Å²) >= 11 is 3.20. The smallest absolute Gasteiger partial charge is 0.339 e. The third kappa shape index (κ3) is 4.88. The van der Waals surface area contributed by atoms with Crippen LogP contribution in [0, 0.1) is 0 Å². The molecule has 0 fully saturated rings. The van der Waals surface area contributed by atoms with Gasteiger partial charge in [-0.2, -0.15) is 0 Å². The zero-order valence-corrected chi connectivity index (χ0v) is 12.4. The monoisotopic (exact) mass is 344 g/mol. The Kier molecular flexibility index (Phi) is 5.98. The molecule has 0 radical (unpaired) electrons. The SMILES string of the molecule is COc1ccc(Br)c(C(=O)OCC(=O)NNC(C)=O)c1. The van der Waals surface area contributed by atoms with Crippen LogP contribution in [0.25, 0.3) is 0 Å². The lowest BCUT2D eigenvalue weighted by Crippen LogP contribution is -2.42. The minimum Gasteiger partial charge on any atom is -0.497 e. The molecule has 0 heterocycles. The van der Waals surface area contributed by atoms with Crippen LogP contribution in [0.5, 0.6) is 5.75 Å². The first-order valence-electron chi connectivity index (χ1n) is 5.50. The van der Waals surface area contributed by atoms with Gasteiger partial charge in [-0.05, 0) is 34.1 Å². The van der Waals surface area contributed by atoms with E-state index in [1.807, 2.05) is 0 Å². The Bertz CT molecular complexity index is 533. The molecule has 0 aliphatic heterocycles. The molecule has 0 spiro atoms. The summed E-state index contributed by atoms with van der Waals surface area (Å²) in [4.78, 5) is 33.6. The summed E-state index contributed by atoms with van der Waals surface area (Å²) in [5.41, 5.74) is 4.39. The van der Waals surface area contributed by atoms with Gasteiger partial charge in [0.15, 0.2) is 6.61 Å². The van der Waals surface area contributed by atoms with Crippen molar-refractivity contribution in [1.82, 2.24) is 10.9 Å². The van der Waals surface area contributed by atoms with E-state index in [-0.39, 0.29) is 5.56 Å². The molecule has 2 amide bonds. The molecule has 20 heavy (non-hydrogen) atoms. The van der Waals surface area contributed by atoms with Crippen LogP contribution in [0.15, 0.2) is 22.7 Å². The summed E-state index contributed by atoms with van der Waals surface area (Å²) in [6.07, 6.45) is 0. The van der Waals surface area contributed by atoms with Crippen LogP contribution in [0.4, 0.5) is 0 Å². The second kappa shape index (κ2) is 7.49. The first-order valence-corrected chi connectivity index (χ1v) is 6.29. The largest absolute Gasteiger partial charge is 0.497 e. The fourth-order valence-corrected chi connectivity index (χ4v) is 1.60. The van der Waals surface area contributed by atoms with Crippen LogP contribution in [0.2, 0.25) is 0 Å². The van der Waals surface area contributed by atoms with Crippen molar-refractivity contribution >= 4 is 33.7 Å². The number of benzene rings is 1. The summed E-state index contributed by atoms with van der Waals surface area (Å²) in [6.45, 7) is 0.725.